The van der Waals surface area contributed by atoms with Crippen LogP contribution in [0.4, 0.5) is 5.69 Å². The van der Waals surface area contributed by atoms with E-state index >= 15 is 0 Å². The molecule has 2 aromatic rings. The zero-order chi connectivity index (χ0) is 14.5. The number of nitrogens with one attached hydrogen (secondary N) is 1. The smallest absolute Gasteiger partial charge is 0.0713 e. The maximum Gasteiger partial charge on any atom is 0.0713 e. The fraction of sp³-hybridized carbons (Fsp3) is 0.250. The number of hydrogen-bond acceptors (Lipinski definition) is 2. The standard InChI is InChI=1S/C16H17BrClNO/c1-11(15-7-6-13(17)9-16(15)18)19-14-5-3-4-12(8-14)10-20-2/h3-9,11,19H,10H2,1-2H3. The number of halogens is 2. The topological polar surface area (TPSA) is 21.3 Å². The highest BCUT2D eigenvalue weighted by atomic mass is 79.9. The van der Waals surface area contributed by atoms with Crippen molar-refractivity contribution in [3.63, 3.8) is 0 Å². The average molecular weight is 355 g/mol. The Hall–Kier alpha value is -1.03. The van der Waals surface area contributed by atoms with Gasteiger partial charge in [0.1, 0.15) is 0 Å². The van der Waals surface area contributed by atoms with Crippen LogP contribution in [0.1, 0.15) is 24.1 Å². The molecule has 0 bridgehead atoms. The van der Waals surface area contributed by atoms with Gasteiger partial charge in [-0.1, -0.05) is 45.7 Å². The summed E-state index contributed by atoms with van der Waals surface area (Å²) in [4.78, 5) is 0. The molecule has 2 aromatic carbocycles. The zero-order valence-electron chi connectivity index (χ0n) is 11.5. The van der Waals surface area contributed by atoms with Crippen LogP contribution in [0.25, 0.3) is 0 Å². The van der Waals surface area contributed by atoms with Gasteiger partial charge in [0.2, 0.25) is 0 Å². The first-order chi connectivity index (χ1) is 9.60. The van der Waals surface area contributed by atoms with Gasteiger partial charge in [-0.2, -0.15) is 0 Å². The molecule has 4 heteroatoms. The van der Waals surface area contributed by atoms with Crippen LogP contribution >= 0.6 is 27.5 Å². The van der Waals surface area contributed by atoms with Crippen LogP contribution in [-0.2, 0) is 11.3 Å². The van der Waals surface area contributed by atoms with Crippen LogP contribution in [0.5, 0.6) is 0 Å². The van der Waals surface area contributed by atoms with Gasteiger partial charge in [-0.3, -0.25) is 0 Å². The molecule has 1 atom stereocenters. The largest absolute Gasteiger partial charge is 0.380 e. The summed E-state index contributed by atoms with van der Waals surface area (Å²) in [5.74, 6) is 0. The van der Waals surface area contributed by atoms with E-state index in [2.05, 4.69) is 34.2 Å². The Morgan fingerprint density at radius 2 is 2.05 bits per heavy atom. The molecule has 0 spiro atoms. The van der Waals surface area contributed by atoms with E-state index in [1.807, 2.05) is 36.4 Å². The van der Waals surface area contributed by atoms with Crippen LogP contribution < -0.4 is 5.32 Å². The van der Waals surface area contributed by atoms with Gasteiger partial charge in [0.05, 0.1) is 6.61 Å². The zero-order valence-corrected chi connectivity index (χ0v) is 13.8. The number of rotatable bonds is 5. The first kappa shape index (κ1) is 15.4. The molecular weight excluding hydrogens is 338 g/mol. The van der Waals surface area contributed by atoms with E-state index in [1.165, 1.54) is 0 Å². The Morgan fingerprint density at radius 1 is 1.25 bits per heavy atom. The van der Waals surface area contributed by atoms with Crippen molar-refractivity contribution in [1.82, 2.24) is 0 Å². The van der Waals surface area contributed by atoms with Gasteiger partial charge in [0, 0.05) is 28.3 Å². The number of ether oxygens (including phenoxy) is 1. The van der Waals surface area contributed by atoms with Gasteiger partial charge in [-0.25, -0.2) is 0 Å². The van der Waals surface area contributed by atoms with Gasteiger partial charge in [0.25, 0.3) is 0 Å². The van der Waals surface area contributed by atoms with Crippen molar-refractivity contribution in [3.05, 3.63) is 63.1 Å². The van der Waals surface area contributed by atoms with Crippen LogP contribution in [0.3, 0.4) is 0 Å². The van der Waals surface area contributed by atoms with E-state index in [0.717, 1.165) is 26.3 Å². The molecule has 0 saturated heterocycles. The highest BCUT2D eigenvalue weighted by molar-refractivity contribution is 9.10. The molecule has 2 nitrogen and oxygen atoms in total. The highest BCUT2D eigenvalue weighted by Gasteiger charge is 2.10. The summed E-state index contributed by atoms with van der Waals surface area (Å²) in [5.41, 5.74) is 3.28. The molecule has 106 valence electrons. The predicted molar refractivity (Wildman–Crippen MR) is 88.3 cm³/mol. The molecule has 2 rings (SSSR count). The average Bonchev–Trinajstić information content (AvgIpc) is 2.39. The number of anilines is 1. The molecule has 0 saturated carbocycles. The minimum atomic E-state index is 0.133. The molecule has 1 unspecified atom stereocenters. The Labute approximate surface area is 133 Å². The van der Waals surface area contributed by atoms with Gasteiger partial charge in [-0.05, 0) is 42.3 Å². The quantitative estimate of drug-likeness (QED) is 0.774. The third-order valence-corrected chi connectivity index (χ3v) is 3.87. The van der Waals surface area contributed by atoms with Crippen LogP contribution in [0.15, 0.2) is 46.9 Å². The maximum atomic E-state index is 6.28. The Balaban J connectivity index is 2.14. The van der Waals surface area contributed by atoms with E-state index in [9.17, 15) is 0 Å². The van der Waals surface area contributed by atoms with Crippen LogP contribution in [0, 0.1) is 0 Å². The molecule has 0 heterocycles. The molecule has 1 N–H and O–H groups in total. The van der Waals surface area contributed by atoms with Gasteiger partial charge in [0.15, 0.2) is 0 Å². The van der Waals surface area contributed by atoms with Crippen LogP contribution in [0.2, 0.25) is 5.02 Å². The third kappa shape index (κ3) is 3.98. The molecule has 0 amide bonds. The first-order valence-electron chi connectivity index (χ1n) is 6.39. The summed E-state index contributed by atoms with van der Waals surface area (Å²) in [5, 5.41) is 4.22. The van der Waals surface area contributed by atoms with Crippen molar-refractivity contribution >= 4 is 33.2 Å². The maximum absolute atomic E-state index is 6.28. The van der Waals surface area contributed by atoms with Crippen LogP contribution in [-0.4, -0.2) is 7.11 Å². The molecule has 0 aliphatic carbocycles. The number of hydrogen-bond donors (Lipinski definition) is 1. The number of benzene rings is 2. The molecule has 0 aliphatic rings. The van der Waals surface area contributed by atoms with E-state index in [1.54, 1.807) is 7.11 Å². The van der Waals surface area contributed by atoms with E-state index in [4.69, 9.17) is 16.3 Å². The lowest BCUT2D eigenvalue weighted by Crippen LogP contribution is -2.07. The molecule has 0 radical (unpaired) electrons. The second kappa shape index (κ2) is 7.11. The van der Waals surface area contributed by atoms with E-state index in [0.29, 0.717) is 6.61 Å². The molecule has 20 heavy (non-hydrogen) atoms. The second-order valence-electron chi connectivity index (χ2n) is 4.67. The Morgan fingerprint density at radius 3 is 2.75 bits per heavy atom. The summed E-state index contributed by atoms with van der Waals surface area (Å²) in [6.07, 6.45) is 0. The minimum Gasteiger partial charge on any atom is -0.380 e. The Kier molecular flexibility index (Phi) is 5.46. The van der Waals surface area contributed by atoms with Crippen molar-refractivity contribution in [2.24, 2.45) is 0 Å². The third-order valence-electron chi connectivity index (χ3n) is 3.05. The summed E-state index contributed by atoms with van der Waals surface area (Å²) < 4.78 is 6.14. The molecular formula is C16H17BrClNO. The summed E-state index contributed by atoms with van der Waals surface area (Å²) in [6, 6.07) is 14.3. The van der Waals surface area contributed by atoms with E-state index < -0.39 is 0 Å². The van der Waals surface area contributed by atoms with E-state index in [-0.39, 0.29) is 6.04 Å². The van der Waals surface area contributed by atoms with Gasteiger partial charge >= 0.3 is 0 Å². The van der Waals surface area contributed by atoms with Gasteiger partial charge < -0.3 is 10.1 Å². The number of methoxy groups -OCH3 is 1. The van der Waals surface area contributed by atoms with Crippen molar-refractivity contribution in [3.8, 4) is 0 Å². The molecule has 0 fully saturated rings. The lowest BCUT2D eigenvalue weighted by atomic mass is 10.1. The SMILES string of the molecule is COCc1cccc(NC(C)c2ccc(Br)cc2Cl)c1. The van der Waals surface area contributed by atoms with Crippen molar-refractivity contribution in [2.45, 2.75) is 19.6 Å². The normalized spacial score (nSPS) is 12.2. The second-order valence-corrected chi connectivity index (χ2v) is 5.99. The summed E-state index contributed by atoms with van der Waals surface area (Å²) >= 11 is 9.70. The van der Waals surface area contributed by atoms with Crippen molar-refractivity contribution in [1.29, 1.82) is 0 Å². The van der Waals surface area contributed by atoms with Crippen molar-refractivity contribution < 1.29 is 4.74 Å². The first-order valence-corrected chi connectivity index (χ1v) is 7.56. The molecule has 0 aromatic heterocycles. The van der Waals surface area contributed by atoms with Gasteiger partial charge in [-0.15, -0.1) is 0 Å². The lowest BCUT2D eigenvalue weighted by Gasteiger charge is -2.18. The fourth-order valence-corrected chi connectivity index (χ4v) is 2.94. The molecule has 0 aliphatic heterocycles. The highest BCUT2D eigenvalue weighted by Crippen LogP contribution is 2.28. The monoisotopic (exact) mass is 353 g/mol. The minimum absolute atomic E-state index is 0.133. The fourth-order valence-electron chi connectivity index (χ4n) is 2.10. The Bertz CT molecular complexity index is 588. The van der Waals surface area contributed by atoms with Crippen molar-refractivity contribution in [2.75, 3.05) is 12.4 Å². The lowest BCUT2D eigenvalue weighted by molar-refractivity contribution is 0.185. The summed E-state index contributed by atoms with van der Waals surface area (Å²) in [7, 11) is 1.70. The predicted octanol–water partition coefficient (Wildman–Crippen LogP) is 5.42. The summed E-state index contributed by atoms with van der Waals surface area (Å²) in [6.45, 7) is 2.71.